The standard InChI is InChI=1S/C11H9IO3/c12-7-4-8-14-11(13)9-15-10-5-2-1-3-6-10/h1-3,5-6H,8-9H2. The molecule has 0 aliphatic heterocycles. The van der Waals surface area contributed by atoms with Crippen LogP contribution in [0, 0.1) is 9.85 Å². The van der Waals surface area contributed by atoms with Crippen LogP contribution in [0.3, 0.4) is 0 Å². The van der Waals surface area contributed by atoms with Gasteiger partial charge in [0.2, 0.25) is 0 Å². The molecule has 0 saturated heterocycles. The summed E-state index contributed by atoms with van der Waals surface area (Å²) in [7, 11) is 0. The molecule has 0 saturated carbocycles. The number of para-hydroxylation sites is 1. The summed E-state index contributed by atoms with van der Waals surface area (Å²) in [6.07, 6.45) is 0. The highest BCUT2D eigenvalue weighted by atomic mass is 127. The first-order valence-electron chi connectivity index (χ1n) is 4.25. The third kappa shape index (κ3) is 5.27. The molecule has 0 atom stereocenters. The molecule has 0 aliphatic rings. The summed E-state index contributed by atoms with van der Waals surface area (Å²) in [6.45, 7) is 0.0207. The molecule has 78 valence electrons. The molecular weight excluding hydrogens is 307 g/mol. The number of esters is 1. The van der Waals surface area contributed by atoms with Gasteiger partial charge in [-0.2, -0.15) is 0 Å². The van der Waals surface area contributed by atoms with Gasteiger partial charge in [0.1, 0.15) is 5.75 Å². The minimum atomic E-state index is -0.419. The van der Waals surface area contributed by atoms with Crippen molar-refractivity contribution in [1.82, 2.24) is 0 Å². The minimum Gasteiger partial charge on any atom is -0.482 e. The fraction of sp³-hybridized carbons (Fsp3) is 0.182. The molecule has 3 nitrogen and oxygen atoms in total. The maximum atomic E-state index is 11.1. The molecule has 0 heterocycles. The Morgan fingerprint density at radius 1 is 1.33 bits per heavy atom. The molecule has 0 radical (unpaired) electrons. The number of carbonyl (C=O) groups is 1. The zero-order valence-electron chi connectivity index (χ0n) is 7.90. The van der Waals surface area contributed by atoms with E-state index in [0.29, 0.717) is 5.75 Å². The van der Waals surface area contributed by atoms with Crippen molar-refractivity contribution in [3.63, 3.8) is 0 Å². The van der Waals surface area contributed by atoms with Crippen molar-refractivity contribution < 1.29 is 14.3 Å². The van der Waals surface area contributed by atoms with E-state index in [-0.39, 0.29) is 13.2 Å². The van der Waals surface area contributed by atoms with Crippen molar-refractivity contribution in [3.8, 4) is 15.6 Å². The van der Waals surface area contributed by atoms with Crippen molar-refractivity contribution in [3.05, 3.63) is 30.3 Å². The van der Waals surface area contributed by atoms with Gasteiger partial charge in [0.25, 0.3) is 0 Å². The Balaban J connectivity index is 2.24. The van der Waals surface area contributed by atoms with E-state index in [1.54, 1.807) is 12.1 Å². The summed E-state index contributed by atoms with van der Waals surface area (Å²) in [5.74, 6) is 2.84. The zero-order chi connectivity index (χ0) is 10.9. The molecule has 0 fully saturated rings. The zero-order valence-corrected chi connectivity index (χ0v) is 10.1. The SMILES string of the molecule is O=C(COc1ccccc1)OCC#CI. The topological polar surface area (TPSA) is 35.5 Å². The average Bonchev–Trinajstić information content (AvgIpc) is 2.28. The van der Waals surface area contributed by atoms with Gasteiger partial charge in [-0.1, -0.05) is 24.1 Å². The molecule has 0 spiro atoms. The van der Waals surface area contributed by atoms with Crippen LogP contribution in [0.2, 0.25) is 0 Å². The van der Waals surface area contributed by atoms with Crippen molar-refractivity contribution in [2.24, 2.45) is 0 Å². The molecule has 1 aromatic rings. The molecule has 4 heteroatoms. The van der Waals surface area contributed by atoms with Crippen molar-refractivity contribution in [2.75, 3.05) is 13.2 Å². The molecule has 0 unspecified atom stereocenters. The van der Waals surface area contributed by atoms with E-state index >= 15 is 0 Å². The number of ether oxygens (including phenoxy) is 2. The highest BCUT2D eigenvalue weighted by Gasteiger charge is 2.02. The predicted octanol–water partition coefficient (Wildman–Crippen LogP) is 2.00. The Kier molecular flexibility index (Phi) is 5.63. The Morgan fingerprint density at radius 3 is 2.73 bits per heavy atom. The summed E-state index contributed by atoms with van der Waals surface area (Å²) in [5, 5.41) is 0. The molecule has 0 N–H and O–H groups in total. The van der Waals surface area contributed by atoms with Crippen LogP contribution in [0.4, 0.5) is 0 Å². The van der Waals surface area contributed by atoms with Gasteiger partial charge >= 0.3 is 5.97 Å². The second kappa shape index (κ2) is 7.12. The third-order valence-corrected chi connectivity index (χ3v) is 1.85. The molecule has 1 aromatic carbocycles. The Hall–Kier alpha value is -1.22. The lowest BCUT2D eigenvalue weighted by Crippen LogP contribution is -2.14. The van der Waals surface area contributed by atoms with Crippen LogP contribution in [0.25, 0.3) is 0 Å². The third-order valence-electron chi connectivity index (χ3n) is 1.47. The Labute approximate surface area is 102 Å². The highest BCUT2D eigenvalue weighted by molar-refractivity contribution is 14.1. The van der Waals surface area contributed by atoms with E-state index in [9.17, 15) is 4.79 Å². The van der Waals surface area contributed by atoms with Gasteiger partial charge in [0.05, 0.1) is 0 Å². The van der Waals surface area contributed by atoms with Gasteiger partial charge in [-0.05, 0) is 16.1 Å². The van der Waals surface area contributed by atoms with E-state index in [0.717, 1.165) is 0 Å². The first-order valence-corrected chi connectivity index (χ1v) is 5.33. The van der Waals surface area contributed by atoms with Crippen LogP contribution in [0.15, 0.2) is 30.3 Å². The fourth-order valence-electron chi connectivity index (χ4n) is 0.845. The Morgan fingerprint density at radius 2 is 2.07 bits per heavy atom. The molecule has 0 aromatic heterocycles. The van der Waals surface area contributed by atoms with Crippen LogP contribution in [-0.2, 0) is 9.53 Å². The molecule has 0 amide bonds. The number of benzene rings is 1. The number of hydrogen-bond acceptors (Lipinski definition) is 3. The number of halogens is 1. The van der Waals surface area contributed by atoms with E-state index in [1.165, 1.54) is 0 Å². The van der Waals surface area contributed by atoms with E-state index in [2.05, 4.69) is 9.85 Å². The second-order valence-electron chi connectivity index (χ2n) is 2.53. The first-order chi connectivity index (χ1) is 7.33. The van der Waals surface area contributed by atoms with Crippen molar-refractivity contribution in [1.29, 1.82) is 0 Å². The monoisotopic (exact) mass is 316 g/mol. The molecular formula is C11H9IO3. The van der Waals surface area contributed by atoms with E-state index in [1.807, 2.05) is 40.8 Å². The average molecular weight is 316 g/mol. The summed E-state index contributed by atoms with van der Waals surface area (Å²) in [6, 6.07) is 9.10. The molecule has 0 bridgehead atoms. The first kappa shape index (κ1) is 11.9. The predicted molar refractivity (Wildman–Crippen MR) is 64.7 cm³/mol. The van der Waals surface area contributed by atoms with Gasteiger partial charge in [-0.25, -0.2) is 4.79 Å². The van der Waals surface area contributed by atoms with Crippen LogP contribution < -0.4 is 4.74 Å². The van der Waals surface area contributed by atoms with Gasteiger partial charge < -0.3 is 9.47 Å². The fourth-order valence-corrected chi connectivity index (χ4v) is 1.00. The summed E-state index contributed by atoms with van der Waals surface area (Å²) in [5.41, 5.74) is 0. The van der Waals surface area contributed by atoms with Gasteiger partial charge in [-0.3, -0.25) is 0 Å². The molecule has 0 aliphatic carbocycles. The minimum absolute atomic E-state index is 0.0903. The smallest absolute Gasteiger partial charge is 0.345 e. The highest BCUT2D eigenvalue weighted by Crippen LogP contribution is 2.07. The summed E-state index contributed by atoms with van der Waals surface area (Å²) >= 11 is 1.88. The quantitative estimate of drug-likeness (QED) is 0.484. The van der Waals surface area contributed by atoms with Crippen LogP contribution >= 0.6 is 22.6 Å². The lowest BCUT2D eigenvalue weighted by Gasteiger charge is -2.04. The van der Waals surface area contributed by atoms with Crippen molar-refractivity contribution in [2.45, 2.75) is 0 Å². The normalized spacial score (nSPS) is 8.60. The van der Waals surface area contributed by atoms with Gasteiger partial charge in [-0.15, -0.1) is 0 Å². The maximum Gasteiger partial charge on any atom is 0.345 e. The summed E-state index contributed by atoms with van der Waals surface area (Å²) < 4.78 is 12.5. The van der Waals surface area contributed by atoms with E-state index in [4.69, 9.17) is 9.47 Å². The maximum absolute atomic E-state index is 11.1. The van der Waals surface area contributed by atoms with Gasteiger partial charge in [0, 0.05) is 22.6 Å². The lowest BCUT2D eigenvalue weighted by atomic mass is 10.3. The largest absolute Gasteiger partial charge is 0.482 e. The molecule has 15 heavy (non-hydrogen) atoms. The number of rotatable bonds is 4. The Bertz CT molecular complexity index is 364. The summed E-state index contributed by atoms with van der Waals surface area (Å²) in [4.78, 5) is 11.1. The molecule has 1 rings (SSSR count). The lowest BCUT2D eigenvalue weighted by molar-refractivity contribution is -0.144. The van der Waals surface area contributed by atoms with Crippen LogP contribution in [-0.4, -0.2) is 19.2 Å². The van der Waals surface area contributed by atoms with Gasteiger partial charge in [0.15, 0.2) is 13.2 Å². The second-order valence-corrected chi connectivity index (χ2v) is 3.07. The number of hydrogen-bond donors (Lipinski definition) is 0. The van der Waals surface area contributed by atoms with Crippen molar-refractivity contribution >= 4 is 28.6 Å². The van der Waals surface area contributed by atoms with E-state index < -0.39 is 5.97 Å². The van der Waals surface area contributed by atoms with Crippen LogP contribution in [0.5, 0.6) is 5.75 Å². The number of carbonyl (C=O) groups excluding carboxylic acids is 1. The van der Waals surface area contributed by atoms with Crippen LogP contribution in [0.1, 0.15) is 0 Å².